The van der Waals surface area contributed by atoms with Crippen LogP contribution in [0.5, 0.6) is 0 Å². The molecule has 0 amide bonds. The zero-order valence-electron chi connectivity index (χ0n) is 17.5. The van der Waals surface area contributed by atoms with Gasteiger partial charge in [0.2, 0.25) is 5.78 Å². The number of ketones is 1. The Morgan fingerprint density at radius 3 is 2.58 bits per heavy atom. The molecule has 0 unspecified atom stereocenters. The molecule has 0 bridgehead atoms. The maximum absolute atomic E-state index is 12.8. The van der Waals surface area contributed by atoms with E-state index in [4.69, 9.17) is 4.74 Å². The molecule has 1 fully saturated rings. The number of carbonyl (C=O) groups is 2. The van der Waals surface area contributed by atoms with Crippen LogP contribution in [0.2, 0.25) is 0 Å². The highest BCUT2D eigenvalue weighted by Gasteiger charge is 2.51. The van der Waals surface area contributed by atoms with Crippen LogP contribution in [0.1, 0.15) is 45.6 Å². The molecule has 0 saturated heterocycles. The normalized spacial score (nSPS) is 14.6. The number of allylic oxidation sites excluding steroid dienone is 1. The first-order chi connectivity index (χ1) is 15.0. The molecule has 5 nitrogen and oxygen atoms in total. The molecule has 1 aromatic heterocycles. The minimum absolute atomic E-state index is 0.00461. The third-order valence-corrected chi connectivity index (χ3v) is 5.55. The summed E-state index contributed by atoms with van der Waals surface area (Å²) in [5.41, 5.74) is 3.40. The van der Waals surface area contributed by atoms with Crippen LogP contribution in [-0.2, 0) is 22.7 Å². The van der Waals surface area contributed by atoms with Gasteiger partial charge < -0.3 is 14.4 Å². The lowest BCUT2D eigenvalue weighted by Gasteiger charge is -2.11. The van der Waals surface area contributed by atoms with Gasteiger partial charge in [0.1, 0.15) is 0 Å². The molecular formula is C26H25NO4. The second kappa shape index (κ2) is 8.74. The monoisotopic (exact) mass is 415 g/mol. The van der Waals surface area contributed by atoms with Crippen molar-refractivity contribution in [2.75, 3.05) is 0 Å². The minimum Gasteiger partial charge on any atom is -0.479 e. The van der Waals surface area contributed by atoms with Gasteiger partial charge >= 0.3 is 5.97 Å². The summed E-state index contributed by atoms with van der Waals surface area (Å²) < 4.78 is 7.56. The quantitative estimate of drug-likeness (QED) is 0.506. The number of benzene rings is 2. The van der Waals surface area contributed by atoms with Crippen molar-refractivity contribution in [3.63, 3.8) is 0 Å². The van der Waals surface area contributed by atoms with E-state index >= 15 is 0 Å². The third kappa shape index (κ3) is 4.84. The predicted octanol–water partition coefficient (Wildman–Crippen LogP) is 4.87. The van der Waals surface area contributed by atoms with E-state index < -0.39 is 11.6 Å². The number of nitrogens with zero attached hydrogens (tertiary/aromatic N) is 1. The number of ether oxygens (including phenoxy) is 1. The Balaban J connectivity index is 1.39. The van der Waals surface area contributed by atoms with E-state index in [-0.39, 0.29) is 12.4 Å². The second-order valence-corrected chi connectivity index (χ2v) is 7.98. The van der Waals surface area contributed by atoms with Gasteiger partial charge in [-0.1, -0.05) is 60.2 Å². The largest absolute Gasteiger partial charge is 0.479 e. The topological polar surface area (TPSA) is 68.5 Å². The highest BCUT2D eigenvalue weighted by molar-refractivity contribution is 6.08. The van der Waals surface area contributed by atoms with Crippen LogP contribution in [-0.4, -0.2) is 27.0 Å². The Hall–Kier alpha value is -3.44. The van der Waals surface area contributed by atoms with E-state index in [0.717, 1.165) is 16.7 Å². The van der Waals surface area contributed by atoms with Gasteiger partial charge in [0.05, 0.1) is 12.3 Å². The molecule has 158 valence electrons. The summed E-state index contributed by atoms with van der Waals surface area (Å²) >= 11 is 0. The Kier molecular flexibility index (Phi) is 5.87. The molecule has 0 spiro atoms. The van der Waals surface area contributed by atoms with Gasteiger partial charge in [0.25, 0.3) is 0 Å². The Bertz CT molecular complexity index is 1120. The fourth-order valence-electron chi connectivity index (χ4n) is 3.48. The van der Waals surface area contributed by atoms with Gasteiger partial charge in [-0.25, -0.2) is 4.79 Å². The predicted molar refractivity (Wildman–Crippen MR) is 119 cm³/mol. The lowest BCUT2D eigenvalue weighted by Crippen LogP contribution is -2.25. The van der Waals surface area contributed by atoms with Crippen molar-refractivity contribution >= 4 is 17.8 Å². The molecule has 1 aliphatic rings. The Morgan fingerprint density at radius 2 is 1.87 bits per heavy atom. The lowest BCUT2D eigenvalue weighted by molar-refractivity contribution is -0.154. The third-order valence-electron chi connectivity index (χ3n) is 5.55. The number of aliphatic carboxylic acids is 1. The summed E-state index contributed by atoms with van der Waals surface area (Å²) in [6.45, 7) is 2.85. The molecule has 31 heavy (non-hydrogen) atoms. The van der Waals surface area contributed by atoms with Gasteiger partial charge in [0, 0.05) is 18.3 Å². The standard InChI is InChI=1S/C26H25NO4/c1-19-9-11-22(12-10-19)24(28)23-8-4-16-27(23)15-3-7-20-5-2-6-21(17-20)18-31-26(13-14-26)25(29)30/h2-12,16-17H,13-15,18H2,1H3,(H,29,30)/b7-3+. The highest BCUT2D eigenvalue weighted by Crippen LogP contribution is 2.40. The van der Waals surface area contributed by atoms with Crippen LogP contribution >= 0.6 is 0 Å². The summed E-state index contributed by atoms with van der Waals surface area (Å²) in [4.78, 5) is 24.1. The summed E-state index contributed by atoms with van der Waals surface area (Å²) in [6.07, 6.45) is 7.04. The van der Waals surface area contributed by atoms with Crippen LogP contribution < -0.4 is 0 Å². The van der Waals surface area contributed by atoms with E-state index in [9.17, 15) is 14.7 Å². The molecule has 1 saturated carbocycles. The summed E-state index contributed by atoms with van der Waals surface area (Å²) in [6, 6.07) is 19.1. The summed E-state index contributed by atoms with van der Waals surface area (Å²) in [5.74, 6) is -0.878. The molecule has 0 atom stereocenters. The van der Waals surface area contributed by atoms with Crippen molar-refractivity contribution in [2.45, 2.75) is 38.5 Å². The van der Waals surface area contributed by atoms with Gasteiger partial charge in [-0.15, -0.1) is 0 Å². The van der Waals surface area contributed by atoms with E-state index in [1.54, 1.807) is 0 Å². The average Bonchev–Trinajstić information content (AvgIpc) is 3.43. The zero-order chi connectivity index (χ0) is 21.8. The molecule has 2 aromatic carbocycles. The van der Waals surface area contributed by atoms with Crippen molar-refractivity contribution < 1.29 is 19.4 Å². The van der Waals surface area contributed by atoms with E-state index in [2.05, 4.69) is 0 Å². The number of carboxylic acids is 1. The van der Waals surface area contributed by atoms with Crippen LogP contribution in [0.3, 0.4) is 0 Å². The van der Waals surface area contributed by atoms with Crippen LogP contribution in [0.25, 0.3) is 6.08 Å². The van der Waals surface area contributed by atoms with Crippen molar-refractivity contribution in [3.8, 4) is 0 Å². The maximum Gasteiger partial charge on any atom is 0.335 e. The molecule has 3 aromatic rings. The lowest BCUT2D eigenvalue weighted by atomic mass is 10.1. The first-order valence-corrected chi connectivity index (χ1v) is 10.4. The van der Waals surface area contributed by atoms with Crippen molar-refractivity contribution in [3.05, 3.63) is 101 Å². The van der Waals surface area contributed by atoms with E-state index in [1.165, 1.54) is 0 Å². The smallest absolute Gasteiger partial charge is 0.335 e. The first kappa shape index (κ1) is 20.8. The van der Waals surface area contributed by atoms with E-state index in [0.29, 0.717) is 30.6 Å². The Morgan fingerprint density at radius 1 is 1.10 bits per heavy atom. The maximum atomic E-state index is 12.8. The molecule has 5 heteroatoms. The first-order valence-electron chi connectivity index (χ1n) is 10.4. The number of aromatic nitrogens is 1. The zero-order valence-corrected chi connectivity index (χ0v) is 17.5. The van der Waals surface area contributed by atoms with E-state index in [1.807, 2.05) is 90.5 Å². The van der Waals surface area contributed by atoms with Crippen molar-refractivity contribution in [1.29, 1.82) is 0 Å². The SMILES string of the molecule is Cc1ccc(C(=O)c2cccn2C/C=C/c2cccc(COC3(C(=O)O)CC3)c2)cc1. The minimum atomic E-state index is -0.985. The fraction of sp³-hybridized carbons (Fsp3) is 0.231. The fourth-order valence-corrected chi connectivity index (χ4v) is 3.48. The number of hydrogen-bond acceptors (Lipinski definition) is 3. The second-order valence-electron chi connectivity index (χ2n) is 7.98. The summed E-state index contributed by atoms with van der Waals surface area (Å²) in [7, 11) is 0. The summed E-state index contributed by atoms with van der Waals surface area (Å²) in [5, 5.41) is 9.23. The van der Waals surface area contributed by atoms with Gasteiger partial charge in [-0.05, 0) is 49.1 Å². The molecule has 4 rings (SSSR count). The Labute approximate surface area is 181 Å². The van der Waals surface area contributed by atoms with Gasteiger partial charge in [-0.3, -0.25) is 4.79 Å². The van der Waals surface area contributed by atoms with Crippen LogP contribution in [0, 0.1) is 6.92 Å². The van der Waals surface area contributed by atoms with Crippen LogP contribution in [0.4, 0.5) is 0 Å². The number of rotatable bonds is 9. The number of aryl methyl sites for hydroxylation is 1. The molecule has 1 aliphatic carbocycles. The molecule has 0 radical (unpaired) electrons. The number of hydrogen-bond donors (Lipinski definition) is 1. The van der Waals surface area contributed by atoms with Crippen molar-refractivity contribution in [2.24, 2.45) is 0 Å². The highest BCUT2D eigenvalue weighted by atomic mass is 16.5. The molecule has 1 heterocycles. The number of carboxylic acid groups (broad SMARTS) is 1. The van der Waals surface area contributed by atoms with Crippen LogP contribution in [0.15, 0.2) is 72.9 Å². The average molecular weight is 415 g/mol. The number of carbonyl (C=O) groups excluding carboxylic acids is 1. The van der Waals surface area contributed by atoms with Crippen molar-refractivity contribution in [1.82, 2.24) is 4.57 Å². The molecular weight excluding hydrogens is 390 g/mol. The van der Waals surface area contributed by atoms with Gasteiger partial charge in [-0.2, -0.15) is 0 Å². The molecule has 1 N–H and O–H groups in total. The van der Waals surface area contributed by atoms with Gasteiger partial charge in [0.15, 0.2) is 5.60 Å². The molecule has 0 aliphatic heterocycles.